The second-order valence-electron chi connectivity index (χ2n) is 14.6. The molecule has 0 bridgehead atoms. The molecular formula is C42H83NO4. The summed E-state index contributed by atoms with van der Waals surface area (Å²) in [6, 6.07) is -0.718. The number of aliphatic hydroxyl groups excluding tert-OH is 3. The zero-order valence-electron chi connectivity index (χ0n) is 31.7. The second kappa shape index (κ2) is 37.9. The maximum atomic E-state index is 12.3. The topological polar surface area (TPSA) is 89.8 Å². The largest absolute Gasteiger partial charge is 0.394 e. The Balaban J connectivity index is 3.63. The molecule has 0 heterocycles. The Morgan fingerprint density at radius 1 is 0.532 bits per heavy atom. The fraction of sp³-hybridized carbons (Fsp3) is 0.929. The molecule has 0 aromatic heterocycles. The molecule has 0 unspecified atom stereocenters. The molecule has 0 aliphatic heterocycles. The van der Waals surface area contributed by atoms with Crippen LogP contribution in [0.25, 0.3) is 0 Å². The molecule has 4 N–H and O–H groups in total. The molecule has 0 aliphatic carbocycles. The minimum absolute atomic E-state index is 0.121. The average molecular weight is 666 g/mol. The van der Waals surface area contributed by atoms with Crippen molar-refractivity contribution in [2.75, 3.05) is 6.61 Å². The predicted molar refractivity (Wildman–Crippen MR) is 204 cm³/mol. The number of hydrogen-bond acceptors (Lipinski definition) is 4. The van der Waals surface area contributed by atoms with E-state index in [9.17, 15) is 20.1 Å². The molecule has 0 saturated heterocycles. The lowest BCUT2D eigenvalue weighted by Gasteiger charge is -2.24. The van der Waals surface area contributed by atoms with Gasteiger partial charge in [-0.25, -0.2) is 0 Å². The number of carbonyl (C=O) groups excluding carboxylic acids is 1. The van der Waals surface area contributed by atoms with Crippen molar-refractivity contribution in [3.8, 4) is 0 Å². The summed E-state index contributed by atoms with van der Waals surface area (Å²) in [7, 11) is 0. The van der Waals surface area contributed by atoms with Gasteiger partial charge in [-0.3, -0.25) is 4.79 Å². The standard InChI is InChI=1S/C42H83NO4/c1-3-5-7-9-11-13-15-17-18-19-20-21-22-23-24-25-27-29-31-33-35-39(45)37-41(46)40(38-44)43-42(47)36-34-32-30-28-26-16-14-12-10-8-6-4-2/h27,29,39-41,44-46H,3-26,28,30-38H2,1-2H3,(H,43,47)/b29-27+/t39-,40-,41-/m0/s1. The summed E-state index contributed by atoms with van der Waals surface area (Å²) < 4.78 is 0. The first-order valence-electron chi connectivity index (χ1n) is 21.0. The van der Waals surface area contributed by atoms with Gasteiger partial charge < -0.3 is 20.6 Å². The lowest BCUT2D eigenvalue weighted by molar-refractivity contribution is -0.123. The minimum atomic E-state index is -0.943. The zero-order chi connectivity index (χ0) is 34.5. The van der Waals surface area contributed by atoms with Crippen molar-refractivity contribution in [1.29, 1.82) is 0 Å². The summed E-state index contributed by atoms with van der Waals surface area (Å²) in [5, 5.41) is 33.4. The zero-order valence-corrected chi connectivity index (χ0v) is 31.7. The van der Waals surface area contributed by atoms with Crippen molar-refractivity contribution >= 4 is 5.91 Å². The van der Waals surface area contributed by atoms with Crippen LogP contribution < -0.4 is 5.32 Å². The van der Waals surface area contributed by atoms with E-state index in [0.29, 0.717) is 12.8 Å². The molecule has 0 spiro atoms. The number of carbonyl (C=O) groups is 1. The Morgan fingerprint density at radius 3 is 1.30 bits per heavy atom. The maximum absolute atomic E-state index is 12.3. The highest BCUT2D eigenvalue weighted by Gasteiger charge is 2.23. The normalized spacial score (nSPS) is 13.7. The van der Waals surface area contributed by atoms with Gasteiger partial charge in [0, 0.05) is 12.8 Å². The summed E-state index contributed by atoms with van der Waals surface area (Å²) in [6.45, 7) is 4.22. The van der Waals surface area contributed by atoms with Gasteiger partial charge in [-0.05, 0) is 38.5 Å². The highest BCUT2D eigenvalue weighted by Crippen LogP contribution is 2.16. The third-order valence-electron chi connectivity index (χ3n) is 9.83. The molecule has 3 atom stereocenters. The summed E-state index contributed by atoms with van der Waals surface area (Å²) in [4.78, 5) is 12.3. The van der Waals surface area contributed by atoms with Crippen molar-refractivity contribution in [1.82, 2.24) is 5.32 Å². The molecule has 0 aromatic rings. The van der Waals surface area contributed by atoms with Crippen LogP contribution >= 0.6 is 0 Å². The molecule has 0 fully saturated rings. The number of amides is 1. The molecule has 47 heavy (non-hydrogen) atoms. The molecule has 5 heteroatoms. The fourth-order valence-corrected chi connectivity index (χ4v) is 6.57. The molecule has 0 aliphatic rings. The predicted octanol–water partition coefficient (Wildman–Crippen LogP) is 11.7. The number of rotatable bonds is 38. The van der Waals surface area contributed by atoms with Gasteiger partial charge in [0.1, 0.15) is 0 Å². The van der Waals surface area contributed by atoms with Crippen LogP contribution in [-0.4, -0.2) is 46.1 Å². The third kappa shape index (κ3) is 34.7. The van der Waals surface area contributed by atoms with Gasteiger partial charge in [0.2, 0.25) is 5.91 Å². The maximum Gasteiger partial charge on any atom is 0.220 e. The van der Waals surface area contributed by atoms with Gasteiger partial charge in [-0.1, -0.05) is 187 Å². The second-order valence-corrected chi connectivity index (χ2v) is 14.6. The fourth-order valence-electron chi connectivity index (χ4n) is 6.57. The molecule has 0 aromatic carbocycles. The van der Waals surface area contributed by atoms with Crippen LogP contribution in [0.5, 0.6) is 0 Å². The molecule has 0 saturated carbocycles. The van der Waals surface area contributed by atoms with E-state index in [1.54, 1.807) is 0 Å². The van der Waals surface area contributed by atoms with Crippen molar-refractivity contribution in [2.45, 2.75) is 244 Å². The van der Waals surface area contributed by atoms with Crippen molar-refractivity contribution in [3.05, 3.63) is 12.2 Å². The molecule has 280 valence electrons. The van der Waals surface area contributed by atoms with Crippen molar-refractivity contribution in [3.63, 3.8) is 0 Å². The molecule has 5 nitrogen and oxygen atoms in total. The lowest BCUT2D eigenvalue weighted by Crippen LogP contribution is -2.46. The Labute approximate surface area is 293 Å². The third-order valence-corrected chi connectivity index (χ3v) is 9.83. The van der Waals surface area contributed by atoms with Crippen LogP contribution in [0.1, 0.15) is 226 Å². The van der Waals surface area contributed by atoms with Crippen LogP contribution in [-0.2, 0) is 4.79 Å². The van der Waals surface area contributed by atoms with E-state index >= 15 is 0 Å². The van der Waals surface area contributed by atoms with E-state index in [4.69, 9.17) is 0 Å². The Bertz CT molecular complexity index is 655. The van der Waals surface area contributed by atoms with E-state index < -0.39 is 18.2 Å². The summed E-state index contributed by atoms with van der Waals surface area (Å²) >= 11 is 0. The van der Waals surface area contributed by atoms with Gasteiger partial charge >= 0.3 is 0 Å². The van der Waals surface area contributed by atoms with Gasteiger partial charge in [0.25, 0.3) is 0 Å². The van der Waals surface area contributed by atoms with Gasteiger partial charge in [0.15, 0.2) is 0 Å². The van der Waals surface area contributed by atoms with Gasteiger partial charge in [-0.15, -0.1) is 0 Å². The van der Waals surface area contributed by atoms with E-state index in [1.807, 2.05) is 0 Å². The number of unbranched alkanes of at least 4 members (excludes halogenated alkanes) is 27. The highest BCUT2D eigenvalue weighted by molar-refractivity contribution is 5.76. The van der Waals surface area contributed by atoms with Crippen LogP contribution in [0.3, 0.4) is 0 Å². The van der Waals surface area contributed by atoms with Gasteiger partial charge in [0.05, 0.1) is 24.9 Å². The van der Waals surface area contributed by atoms with Crippen molar-refractivity contribution in [2.24, 2.45) is 0 Å². The molecular weight excluding hydrogens is 582 g/mol. The molecule has 0 rings (SSSR count). The Hall–Kier alpha value is -0.910. The first-order valence-corrected chi connectivity index (χ1v) is 21.0. The number of hydrogen-bond donors (Lipinski definition) is 4. The average Bonchev–Trinajstić information content (AvgIpc) is 3.06. The van der Waals surface area contributed by atoms with E-state index in [1.165, 1.54) is 154 Å². The van der Waals surface area contributed by atoms with Gasteiger partial charge in [-0.2, -0.15) is 0 Å². The van der Waals surface area contributed by atoms with E-state index in [2.05, 4.69) is 31.3 Å². The lowest BCUT2D eigenvalue weighted by atomic mass is 10.0. The number of allylic oxidation sites excluding steroid dienone is 2. The highest BCUT2D eigenvalue weighted by atomic mass is 16.3. The van der Waals surface area contributed by atoms with Crippen LogP contribution in [0.4, 0.5) is 0 Å². The molecule has 0 radical (unpaired) electrons. The minimum Gasteiger partial charge on any atom is -0.394 e. The first-order chi connectivity index (χ1) is 23.0. The molecule has 1 amide bonds. The quantitative estimate of drug-likeness (QED) is 0.0390. The Kier molecular flexibility index (Phi) is 37.2. The summed E-state index contributed by atoms with van der Waals surface area (Å²) in [5.74, 6) is -0.121. The number of aliphatic hydroxyl groups is 3. The smallest absolute Gasteiger partial charge is 0.220 e. The van der Waals surface area contributed by atoms with Crippen LogP contribution in [0, 0.1) is 0 Å². The Morgan fingerprint density at radius 2 is 0.894 bits per heavy atom. The van der Waals surface area contributed by atoms with Crippen LogP contribution in [0.2, 0.25) is 0 Å². The summed E-state index contributed by atoms with van der Waals surface area (Å²) in [6.07, 6.45) is 43.0. The SMILES string of the molecule is CCCCCCCCCCCCCCCCC/C=C/CCC[C@H](O)C[C@H](O)[C@H](CO)NC(=O)CCCCCCCCCCCCCC. The number of nitrogens with one attached hydrogen (secondary N) is 1. The summed E-state index contributed by atoms with van der Waals surface area (Å²) in [5.41, 5.74) is 0. The monoisotopic (exact) mass is 666 g/mol. The first kappa shape index (κ1) is 46.1. The van der Waals surface area contributed by atoms with E-state index in [-0.39, 0.29) is 18.9 Å². The van der Waals surface area contributed by atoms with Crippen LogP contribution in [0.15, 0.2) is 12.2 Å². The van der Waals surface area contributed by atoms with E-state index in [0.717, 1.165) is 38.5 Å². The van der Waals surface area contributed by atoms with Crippen molar-refractivity contribution < 1.29 is 20.1 Å².